The molecule has 1 aromatic carbocycles. The molecule has 0 saturated heterocycles. The van der Waals surface area contributed by atoms with Gasteiger partial charge in [0.05, 0.1) is 5.69 Å². The molecule has 3 rings (SSSR count). The normalized spacial score (nSPS) is 14.7. The molecule has 1 aliphatic rings. The number of hydrogen-bond acceptors (Lipinski definition) is 2. The second kappa shape index (κ2) is 5.06. The number of imidazole rings is 1. The van der Waals surface area contributed by atoms with Crippen molar-refractivity contribution >= 4 is 0 Å². The van der Waals surface area contributed by atoms with Crippen molar-refractivity contribution in [2.75, 3.05) is 6.54 Å². The van der Waals surface area contributed by atoms with E-state index in [4.69, 9.17) is 4.98 Å². The third-order valence-electron chi connectivity index (χ3n) is 4.18. The summed E-state index contributed by atoms with van der Waals surface area (Å²) >= 11 is 0. The molecule has 0 atom stereocenters. The third-order valence-corrected chi connectivity index (χ3v) is 4.18. The highest BCUT2D eigenvalue weighted by molar-refractivity contribution is 5.44. The van der Waals surface area contributed by atoms with Crippen LogP contribution in [0.15, 0.2) is 18.2 Å². The minimum Gasteiger partial charge on any atom is -0.311 e. The van der Waals surface area contributed by atoms with Gasteiger partial charge in [-0.3, -0.25) is 0 Å². The summed E-state index contributed by atoms with van der Waals surface area (Å²) in [7, 11) is 0. The Morgan fingerprint density at radius 3 is 2.70 bits per heavy atom. The largest absolute Gasteiger partial charge is 0.311 e. The standard InChI is InChI=1S/C17H23N3/c1-11(2)17-19-15-10-18-8-7-16(15)20(17)14-6-5-12(3)13(4)9-14/h5-6,9,11,18H,7-8,10H2,1-4H3. The molecule has 3 nitrogen and oxygen atoms in total. The van der Waals surface area contributed by atoms with Gasteiger partial charge in [-0.05, 0) is 37.1 Å². The van der Waals surface area contributed by atoms with E-state index < -0.39 is 0 Å². The predicted molar refractivity (Wildman–Crippen MR) is 82.5 cm³/mol. The topological polar surface area (TPSA) is 29.9 Å². The van der Waals surface area contributed by atoms with Gasteiger partial charge in [0.1, 0.15) is 5.82 Å². The summed E-state index contributed by atoms with van der Waals surface area (Å²) in [6.45, 7) is 10.7. The van der Waals surface area contributed by atoms with Crippen LogP contribution in [0.5, 0.6) is 0 Å². The molecule has 106 valence electrons. The van der Waals surface area contributed by atoms with Crippen molar-refractivity contribution in [3.05, 3.63) is 46.5 Å². The summed E-state index contributed by atoms with van der Waals surface area (Å²) in [6, 6.07) is 6.71. The zero-order chi connectivity index (χ0) is 14.3. The molecule has 0 amide bonds. The molecule has 0 fully saturated rings. The Morgan fingerprint density at radius 2 is 2.00 bits per heavy atom. The lowest BCUT2D eigenvalue weighted by molar-refractivity contribution is 0.619. The molecule has 1 aromatic heterocycles. The molecule has 3 heteroatoms. The maximum Gasteiger partial charge on any atom is 0.116 e. The van der Waals surface area contributed by atoms with Gasteiger partial charge in [-0.25, -0.2) is 4.98 Å². The molecule has 1 aliphatic heterocycles. The minimum absolute atomic E-state index is 0.433. The van der Waals surface area contributed by atoms with Crippen LogP contribution in [0.2, 0.25) is 0 Å². The molecule has 1 N–H and O–H groups in total. The number of fused-ring (bicyclic) bond motifs is 1. The summed E-state index contributed by atoms with van der Waals surface area (Å²) in [5.74, 6) is 1.61. The van der Waals surface area contributed by atoms with Crippen LogP contribution in [-0.4, -0.2) is 16.1 Å². The van der Waals surface area contributed by atoms with E-state index >= 15 is 0 Å². The second-order valence-corrected chi connectivity index (χ2v) is 6.05. The number of hydrogen-bond donors (Lipinski definition) is 1. The molecule has 0 aliphatic carbocycles. The Kier molecular flexibility index (Phi) is 3.38. The second-order valence-electron chi connectivity index (χ2n) is 6.05. The first kappa shape index (κ1) is 13.4. The zero-order valence-electron chi connectivity index (χ0n) is 12.8. The molecule has 0 bridgehead atoms. The van der Waals surface area contributed by atoms with Crippen LogP contribution < -0.4 is 5.32 Å². The first-order valence-corrected chi connectivity index (χ1v) is 7.46. The summed E-state index contributed by atoms with van der Waals surface area (Å²) in [6.07, 6.45) is 1.06. The number of rotatable bonds is 2. The van der Waals surface area contributed by atoms with Crippen LogP contribution in [-0.2, 0) is 13.0 Å². The van der Waals surface area contributed by atoms with Crippen molar-refractivity contribution in [3.63, 3.8) is 0 Å². The van der Waals surface area contributed by atoms with E-state index in [1.165, 1.54) is 34.0 Å². The van der Waals surface area contributed by atoms with Crippen LogP contribution in [0.25, 0.3) is 5.69 Å². The first-order valence-electron chi connectivity index (χ1n) is 7.46. The van der Waals surface area contributed by atoms with E-state index in [1.54, 1.807) is 0 Å². The molecule has 0 spiro atoms. The number of nitrogens with zero attached hydrogens (tertiary/aromatic N) is 2. The van der Waals surface area contributed by atoms with Crippen LogP contribution >= 0.6 is 0 Å². The minimum atomic E-state index is 0.433. The quantitative estimate of drug-likeness (QED) is 0.907. The van der Waals surface area contributed by atoms with Gasteiger partial charge in [0.25, 0.3) is 0 Å². The van der Waals surface area contributed by atoms with Crippen molar-refractivity contribution in [2.24, 2.45) is 0 Å². The van der Waals surface area contributed by atoms with Crippen LogP contribution in [0.4, 0.5) is 0 Å². The van der Waals surface area contributed by atoms with Gasteiger partial charge in [-0.15, -0.1) is 0 Å². The maximum atomic E-state index is 4.88. The van der Waals surface area contributed by atoms with Crippen molar-refractivity contribution in [1.82, 2.24) is 14.9 Å². The molecule has 0 saturated carbocycles. The molecule has 0 radical (unpaired) electrons. The fraction of sp³-hybridized carbons (Fsp3) is 0.471. The van der Waals surface area contributed by atoms with Crippen molar-refractivity contribution in [2.45, 2.75) is 46.6 Å². The number of aryl methyl sites for hydroxylation is 2. The number of aromatic nitrogens is 2. The summed E-state index contributed by atoms with van der Waals surface area (Å²) in [5, 5.41) is 3.42. The number of benzene rings is 1. The molecule has 0 unspecified atom stereocenters. The summed E-state index contributed by atoms with van der Waals surface area (Å²) in [5.41, 5.74) is 6.55. The zero-order valence-corrected chi connectivity index (χ0v) is 12.8. The SMILES string of the molecule is Cc1ccc(-n2c(C(C)C)nc3c2CCNC3)cc1C. The highest BCUT2D eigenvalue weighted by atomic mass is 15.1. The van der Waals surface area contributed by atoms with Gasteiger partial charge in [-0.1, -0.05) is 19.9 Å². The fourth-order valence-corrected chi connectivity index (χ4v) is 2.87. The van der Waals surface area contributed by atoms with Crippen molar-refractivity contribution in [1.29, 1.82) is 0 Å². The van der Waals surface area contributed by atoms with E-state index in [2.05, 4.69) is 55.8 Å². The van der Waals surface area contributed by atoms with Crippen LogP contribution in [0.1, 0.15) is 48.1 Å². The smallest absolute Gasteiger partial charge is 0.116 e. The predicted octanol–water partition coefficient (Wildman–Crippen LogP) is 3.26. The monoisotopic (exact) mass is 269 g/mol. The van der Waals surface area contributed by atoms with E-state index in [9.17, 15) is 0 Å². The maximum absolute atomic E-state index is 4.88. The molecule has 20 heavy (non-hydrogen) atoms. The average molecular weight is 269 g/mol. The van der Waals surface area contributed by atoms with Gasteiger partial charge in [0.2, 0.25) is 0 Å². The highest BCUT2D eigenvalue weighted by Gasteiger charge is 2.22. The van der Waals surface area contributed by atoms with Gasteiger partial charge < -0.3 is 9.88 Å². The molecular weight excluding hydrogens is 246 g/mol. The first-order chi connectivity index (χ1) is 9.58. The lowest BCUT2D eigenvalue weighted by atomic mass is 10.1. The van der Waals surface area contributed by atoms with Gasteiger partial charge >= 0.3 is 0 Å². The fourth-order valence-electron chi connectivity index (χ4n) is 2.87. The van der Waals surface area contributed by atoms with Gasteiger partial charge in [0, 0.05) is 36.8 Å². The molecule has 2 aromatic rings. The summed E-state index contributed by atoms with van der Waals surface area (Å²) < 4.78 is 2.38. The Morgan fingerprint density at radius 1 is 1.20 bits per heavy atom. The van der Waals surface area contributed by atoms with Crippen molar-refractivity contribution in [3.8, 4) is 5.69 Å². The van der Waals surface area contributed by atoms with E-state index in [0.29, 0.717) is 5.92 Å². The Labute approximate surface area is 121 Å². The Balaban J connectivity index is 2.20. The van der Waals surface area contributed by atoms with Crippen LogP contribution in [0.3, 0.4) is 0 Å². The Bertz CT molecular complexity index is 638. The van der Waals surface area contributed by atoms with E-state index in [0.717, 1.165) is 19.5 Å². The lowest BCUT2D eigenvalue weighted by Crippen LogP contribution is -2.24. The van der Waals surface area contributed by atoms with Gasteiger partial charge in [-0.2, -0.15) is 0 Å². The van der Waals surface area contributed by atoms with Crippen molar-refractivity contribution < 1.29 is 0 Å². The Hall–Kier alpha value is -1.61. The van der Waals surface area contributed by atoms with E-state index in [-0.39, 0.29) is 0 Å². The number of nitrogens with one attached hydrogen (secondary N) is 1. The highest BCUT2D eigenvalue weighted by Crippen LogP contribution is 2.26. The summed E-state index contributed by atoms with van der Waals surface area (Å²) in [4.78, 5) is 4.88. The van der Waals surface area contributed by atoms with Crippen LogP contribution in [0, 0.1) is 13.8 Å². The molecular formula is C17H23N3. The molecule has 2 heterocycles. The van der Waals surface area contributed by atoms with Gasteiger partial charge in [0.15, 0.2) is 0 Å². The lowest BCUT2D eigenvalue weighted by Gasteiger charge is -2.18. The average Bonchev–Trinajstić information content (AvgIpc) is 2.81. The third kappa shape index (κ3) is 2.16. The van der Waals surface area contributed by atoms with E-state index in [1.807, 2.05) is 0 Å².